The Hall–Kier alpha value is -4.84. The summed E-state index contributed by atoms with van der Waals surface area (Å²) in [5, 5.41) is 8.60. The molecule has 0 saturated carbocycles. The van der Waals surface area contributed by atoms with Crippen LogP contribution in [-0.4, -0.2) is 122 Å². The normalized spacial score (nSPS) is 21.2. The number of rotatable bonds is 8. The molecule has 9 rings (SSSR count). The van der Waals surface area contributed by atoms with Gasteiger partial charge in [-0.25, -0.2) is 15.0 Å². The van der Waals surface area contributed by atoms with E-state index in [1.165, 1.54) is 18.7 Å². The fraction of sp³-hybridized carbons (Fsp3) is 0.400. The molecule has 3 fully saturated rings. The number of aromatic amines is 1. The number of hydrogen-bond donors (Lipinski definition) is 1. The van der Waals surface area contributed by atoms with Gasteiger partial charge in [0, 0.05) is 81.1 Å². The van der Waals surface area contributed by atoms with E-state index < -0.39 is 0 Å². The number of hydrogen-bond acceptors (Lipinski definition) is 10. The molecular weight excluding hydrogens is 635 g/mol. The van der Waals surface area contributed by atoms with Gasteiger partial charge in [-0.1, -0.05) is 54.6 Å². The van der Waals surface area contributed by atoms with Gasteiger partial charge in [0.1, 0.15) is 11.5 Å². The monoisotopic (exact) mass is 679 g/mol. The van der Waals surface area contributed by atoms with Crippen molar-refractivity contribution in [3.63, 3.8) is 0 Å². The summed E-state index contributed by atoms with van der Waals surface area (Å²) in [5.74, 6) is 3.32. The van der Waals surface area contributed by atoms with Crippen LogP contribution in [0.2, 0.25) is 0 Å². The number of aromatic nitrogens is 7. The molecule has 0 radical (unpaired) electrons. The van der Waals surface area contributed by atoms with Crippen molar-refractivity contribution >= 4 is 22.6 Å². The number of H-pyrrole nitrogens is 1. The minimum absolute atomic E-state index is 0.401. The van der Waals surface area contributed by atoms with Gasteiger partial charge >= 0.3 is 0 Å². The van der Waals surface area contributed by atoms with Gasteiger partial charge in [-0.15, -0.1) is 0 Å². The number of likely N-dealkylation sites (N-methyl/N-ethyl adjacent to an activating group) is 1. The molecule has 7 heterocycles. The van der Waals surface area contributed by atoms with Crippen molar-refractivity contribution in [3.05, 3.63) is 96.7 Å². The molecule has 0 spiro atoms. The van der Waals surface area contributed by atoms with Crippen LogP contribution < -0.4 is 4.90 Å². The summed E-state index contributed by atoms with van der Waals surface area (Å²) in [4.78, 5) is 34.3. The maximum atomic E-state index is 5.26. The van der Waals surface area contributed by atoms with Crippen LogP contribution in [-0.2, 0) is 0 Å². The number of piperazine rings is 1. The molecule has 1 aliphatic carbocycles. The summed E-state index contributed by atoms with van der Waals surface area (Å²) in [6.07, 6.45) is 13.9. The van der Waals surface area contributed by atoms with Gasteiger partial charge in [0.15, 0.2) is 11.5 Å². The zero-order valence-electron chi connectivity index (χ0n) is 29.3. The fourth-order valence-corrected chi connectivity index (χ4v) is 8.11. The highest BCUT2D eigenvalue weighted by molar-refractivity contribution is 5.90. The highest BCUT2D eigenvalue weighted by atomic mass is 15.4. The van der Waals surface area contributed by atoms with Crippen LogP contribution >= 0.6 is 0 Å². The van der Waals surface area contributed by atoms with Crippen LogP contribution in [0.25, 0.3) is 39.3 Å². The van der Waals surface area contributed by atoms with E-state index in [0.29, 0.717) is 23.7 Å². The second-order valence-electron chi connectivity index (χ2n) is 14.6. The van der Waals surface area contributed by atoms with Gasteiger partial charge in [0.05, 0.1) is 5.69 Å². The number of fused-ring (bicyclic) bond motifs is 1. The summed E-state index contributed by atoms with van der Waals surface area (Å²) >= 11 is 0. The van der Waals surface area contributed by atoms with Crippen LogP contribution in [0.15, 0.2) is 85.2 Å². The predicted molar refractivity (Wildman–Crippen MR) is 201 cm³/mol. The number of nitrogens with one attached hydrogen (secondary N) is 1. The van der Waals surface area contributed by atoms with Gasteiger partial charge < -0.3 is 14.7 Å². The van der Waals surface area contributed by atoms with Gasteiger partial charge in [-0.2, -0.15) is 10.1 Å². The molecule has 0 amide bonds. The molecule has 1 N–H and O–H groups in total. The lowest BCUT2D eigenvalue weighted by Gasteiger charge is -2.46. The zero-order chi connectivity index (χ0) is 34.1. The lowest BCUT2D eigenvalue weighted by atomic mass is 9.90. The summed E-state index contributed by atoms with van der Waals surface area (Å²) < 4.78 is 0. The Morgan fingerprint density at radius 2 is 1.69 bits per heavy atom. The first-order valence-electron chi connectivity index (χ1n) is 18.5. The number of piperidine rings is 1. The minimum Gasteiger partial charge on any atom is -0.338 e. The Labute approximate surface area is 299 Å². The first kappa shape index (κ1) is 32.1. The summed E-state index contributed by atoms with van der Waals surface area (Å²) in [5.41, 5.74) is 6.00. The molecule has 3 saturated heterocycles. The van der Waals surface area contributed by atoms with Crippen LogP contribution in [0.3, 0.4) is 0 Å². The first-order valence-corrected chi connectivity index (χ1v) is 18.5. The van der Waals surface area contributed by atoms with Crippen LogP contribution in [0.4, 0.5) is 5.95 Å². The number of likely N-dealkylation sites (tertiary alicyclic amines) is 2. The third kappa shape index (κ3) is 6.81. The molecule has 3 aliphatic heterocycles. The summed E-state index contributed by atoms with van der Waals surface area (Å²) in [7, 11) is 2.20. The lowest BCUT2D eigenvalue weighted by Crippen LogP contribution is -2.62. The van der Waals surface area contributed by atoms with E-state index in [0.717, 1.165) is 110 Å². The number of anilines is 1. The smallest absolute Gasteiger partial charge is 0.227 e. The summed E-state index contributed by atoms with van der Waals surface area (Å²) in [6, 6.07) is 19.3. The average molecular weight is 680 g/mol. The summed E-state index contributed by atoms with van der Waals surface area (Å²) in [6.45, 7) is 9.52. The van der Waals surface area contributed by atoms with Crippen molar-refractivity contribution in [2.24, 2.45) is 5.92 Å². The van der Waals surface area contributed by atoms with Crippen LogP contribution in [0.5, 0.6) is 0 Å². The molecular formula is C40H45N11. The number of pyridine rings is 2. The van der Waals surface area contributed by atoms with E-state index >= 15 is 0 Å². The topological polar surface area (TPSA) is 106 Å². The maximum Gasteiger partial charge on any atom is 0.227 e. The molecule has 4 aromatic heterocycles. The Balaban J connectivity index is 0.872. The van der Waals surface area contributed by atoms with Crippen molar-refractivity contribution in [2.45, 2.75) is 31.2 Å². The Morgan fingerprint density at radius 3 is 2.43 bits per heavy atom. The van der Waals surface area contributed by atoms with Crippen LogP contribution in [0, 0.1) is 5.92 Å². The van der Waals surface area contributed by atoms with Crippen molar-refractivity contribution in [3.8, 4) is 22.6 Å². The molecule has 0 bridgehead atoms. The van der Waals surface area contributed by atoms with Crippen LogP contribution in [0.1, 0.15) is 36.7 Å². The molecule has 260 valence electrons. The highest BCUT2D eigenvalue weighted by Gasteiger charge is 2.32. The number of benzene rings is 1. The molecule has 4 aliphatic rings. The van der Waals surface area contributed by atoms with Gasteiger partial charge in [0.25, 0.3) is 0 Å². The van der Waals surface area contributed by atoms with Crippen molar-refractivity contribution in [1.29, 1.82) is 0 Å². The Kier molecular flexibility index (Phi) is 8.84. The minimum atomic E-state index is 0.401. The predicted octanol–water partition coefficient (Wildman–Crippen LogP) is 5.15. The molecule has 1 atom stereocenters. The number of allylic oxidation sites excluding steroid dienone is 3. The highest BCUT2D eigenvalue weighted by Crippen LogP contribution is 2.35. The van der Waals surface area contributed by atoms with E-state index in [1.54, 1.807) is 6.20 Å². The third-order valence-corrected chi connectivity index (χ3v) is 11.1. The molecule has 5 aromatic rings. The fourth-order valence-electron chi connectivity index (χ4n) is 8.11. The van der Waals surface area contributed by atoms with E-state index in [-0.39, 0.29) is 0 Å². The Morgan fingerprint density at radius 1 is 0.863 bits per heavy atom. The standard InChI is InChI=1S/C40H45N11/c1-48-26-33(27-48)50-19-21-51(22-20-50)40-42-24-32-23-34(29-7-3-2-4-8-29)36(43-37(32)45-40)30-12-10-28(11-13-30)25-49-17-14-31(15-18-49)38-44-39(47-46-38)35-9-5-6-16-41-35/h2-10,12-13,16,23-24,28,31,33H,11,14-15,17-22,25-27H2,1H3,(H,44,46,47). The zero-order valence-corrected chi connectivity index (χ0v) is 29.3. The maximum absolute atomic E-state index is 5.26. The molecule has 1 unspecified atom stereocenters. The number of nitrogens with zero attached hydrogens (tertiary/aromatic N) is 10. The Bertz CT molecular complexity index is 2020. The van der Waals surface area contributed by atoms with E-state index in [1.807, 2.05) is 24.4 Å². The van der Waals surface area contributed by atoms with Gasteiger partial charge in [0.2, 0.25) is 5.95 Å². The molecule has 1 aromatic carbocycles. The molecule has 11 nitrogen and oxygen atoms in total. The third-order valence-electron chi connectivity index (χ3n) is 11.1. The molecule has 11 heteroatoms. The quantitative estimate of drug-likeness (QED) is 0.237. The molecule has 51 heavy (non-hydrogen) atoms. The van der Waals surface area contributed by atoms with Crippen molar-refractivity contribution < 1.29 is 0 Å². The van der Waals surface area contributed by atoms with E-state index in [4.69, 9.17) is 19.9 Å². The van der Waals surface area contributed by atoms with E-state index in [9.17, 15) is 0 Å². The second kappa shape index (κ2) is 14.1. The SMILES string of the molecule is CN1CC(N2CCN(c3ncc4cc(-c5ccccc5)c(C5=CCC(CN6CCC(c7nc(-c8ccccn8)n[nH]7)CC6)C=C5)nc4n3)CC2)C1. The van der Waals surface area contributed by atoms with Gasteiger partial charge in [-0.3, -0.25) is 15.0 Å². The van der Waals surface area contributed by atoms with Gasteiger partial charge in [-0.05, 0) is 74.7 Å². The van der Waals surface area contributed by atoms with Crippen molar-refractivity contribution in [1.82, 2.24) is 49.8 Å². The van der Waals surface area contributed by atoms with Crippen molar-refractivity contribution in [2.75, 3.05) is 70.9 Å². The second-order valence-corrected chi connectivity index (χ2v) is 14.6. The first-order chi connectivity index (χ1) is 25.1. The lowest BCUT2D eigenvalue weighted by molar-refractivity contribution is 0.0486. The largest absolute Gasteiger partial charge is 0.338 e. The average Bonchev–Trinajstić information content (AvgIpc) is 3.68. The van der Waals surface area contributed by atoms with E-state index in [2.05, 4.69) is 96.5 Å².